The van der Waals surface area contributed by atoms with E-state index >= 15 is 0 Å². The number of nitrogens with one attached hydrogen (secondary N) is 2. The quantitative estimate of drug-likeness (QED) is 0.557. The fourth-order valence-electron chi connectivity index (χ4n) is 3.03. The Morgan fingerprint density at radius 2 is 1.52 bits per heavy atom. The van der Waals surface area contributed by atoms with Crippen molar-refractivity contribution in [3.05, 3.63) is 83.9 Å². The van der Waals surface area contributed by atoms with E-state index in [1.165, 1.54) is 31.4 Å². The molecular weight excluding hydrogens is 414 g/mol. The van der Waals surface area contributed by atoms with E-state index in [0.717, 1.165) is 11.3 Å². The van der Waals surface area contributed by atoms with E-state index in [9.17, 15) is 13.2 Å². The lowest BCUT2D eigenvalue weighted by Crippen LogP contribution is -2.17. The highest BCUT2D eigenvalue weighted by Crippen LogP contribution is 2.26. The van der Waals surface area contributed by atoms with Crippen LogP contribution < -0.4 is 14.8 Å². The van der Waals surface area contributed by atoms with Crippen LogP contribution in [0.25, 0.3) is 0 Å². The number of amides is 1. The maximum absolute atomic E-state index is 12.7. The normalized spacial score (nSPS) is 11.2. The molecule has 31 heavy (non-hydrogen) atoms. The van der Waals surface area contributed by atoms with E-state index in [1.807, 2.05) is 43.3 Å². The van der Waals surface area contributed by atoms with Crippen LogP contribution in [-0.4, -0.2) is 40.4 Å². The molecule has 0 heterocycles. The van der Waals surface area contributed by atoms with Crippen molar-refractivity contribution in [1.82, 2.24) is 4.90 Å². The first-order valence-electron chi connectivity index (χ1n) is 9.60. The van der Waals surface area contributed by atoms with E-state index < -0.39 is 10.0 Å². The summed E-state index contributed by atoms with van der Waals surface area (Å²) in [7, 11) is 1.55. The lowest BCUT2D eigenvalue weighted by Gasteiger charge is -2.15. The van der Waals surface area contributed by atoms with Crippen molar-refractivity contribution in [2.24, 2.45) is 0 Å². The molecule has 3 rings (SSSR count). The SMILES string of the molecule is COc1ccccc1NS(=O)(=O)c1ccc(C(=O)Nc2ccccc2CN(C)C)cc1. The smallest absolute Gasteiger partial charge is 0.262 e. The Balaban J connectivity index is 1.76. The van der Waals surface area contributed by atoms with Crippen LogP contribution in [0.15, 0.2) is 77.7 Å². The number of ether oxygens (including phenoxy) is 1. The average molecular weight is 440 g/mol. The molecule has 0 bridgehead atoms. The lowest BCUT2D eigenvalue weighted by atomic mass is 10.1. The Bertz CT molecular complexity index is 1160. The van der Waals surface area contributed by atoms with Gasteiger partial charge in [0.25, 0.3) is 15.9 Å². The summed E-state index contributed by atoms with van der Waals surface area (Å²) < 4.78 is 33.1. The molecule has 162 valence electrons. The molecule has 0 unspecified atom stereocenters. The summed E-state index contributed by atoms with van der Waals surface area (Å²) in [6.45, 7) is 0.683. The summed E-state index contributed by atoms with van der Waals surface area (Å²) in [5, 5.41) is 2.90. The molecule has 0 aliphatic carbocycles. The maximum atomic E-state index is 12.7. The monoisotopic (exact) mass is 439 g/mol. The van der Waals surface area contributed by atoms with Crippen molar-refractivity contribution >= 4 is 27.3 Å². The van der Waals surface area contributed by atoms with Crippen LogP contribution in [0.4, 0.5) is 11.4 Å². The molecular formula is C23H25N3O4S. The molecule has 0 aromatic heterocycles. The standard InChI is InChI=1S/C23H25N3O4S/c1-26(2)16-18-8-4-5-9-20(18)24-23(27)17-12-14-19(15-13-17)31(28,29)25-21-10-6-7-11-22(21)30-3/h4-15,25H,16H2,1-3H3,(H,24,27). The van der Waals surface area contributed by atoms with Crippen molar-refractivity contribution in [3.8, 4) is 5.75 Å². The Morgan fingerprint density at radius 3 is 2.16 bits per heavy atom. The molecule has 0 radical (unpaired) electrons. The van der Waals surface area contributed by atoms with Crippen molar-refractivity contribution in [2.45, 2.75) is 11.4 Å². The molecule has 2 N–H and O–H groups in total. The van der Waals surface area contributed by atoms with Crippen molar-refractivity contribution in [1.29, 1.82) is 0 Å². The molecule has 0 atom stereocenters. The van der Waals surface area contributed by atoms with E-state index in [2.05, 4.69) is 10.0 Å². The summed E-state index contributed by atoms with van der Waals surface area (Å²) in [5.41, 5.74) is 2.40. The third-order valence-electron chi connectivity index (χ3n) is 4.53. The molecule has 1 amide bonds. The van der Waals surface area contributed by atoms with Crippen LogP contribution >= 0.6 is 0 Å². The van der Waals surface area contributed by atoms with Gasteiger partial charge in [-0.15, -0.1) is 0 Å². The van der Waals surface area contributed by atoms with Gasteiger partial charge in [-0.3, -0.25) is 9.52 Å². The molecule has 0 aliphatic rings. The van der Waals surface area contributed by atoms with Crippen LogP contribution in [0, 0.1) is 0 Å². The molecule has 7 nitrogen and oxygen atoms in total. The minimum Gasteiger partial charge on any atom is -0.495 e. The van der Waals surface area contributed by atoms with Gasteiger partial charge >= 0.3 is 0 Å². The minimum atomic E-state index is -3.83. The second-order valence-corrected chi connectivity index (χ2v) is 8.86. The van der Waals surface area contributed by atoms with Gasteiger partial charge in [0.2, 0.25) is 0 Å². The molecule has 0 saturated carbocycles. The Hall–Kier alpha value is -3.36. The lowest BCUT2D eigenvalue weighted by molar-refractivity contribution is 0.102. The van der Waals surface area contributed by atoms with Gasteiger partial charge in [0, 0.05) is 17.8 Å². The second kappa shape index (κ2) is 9.63. The summed E-state index contributed by atoms with van der Waals surface area (Å²) in [4.78, 5) is 14.7. The van der Waals surface area contributed by atoms with E-state index in [0.29, 0.717) is 23.5 Å². The van der Waals surface area contributed by atoms with Gasteiger partial charge in [0.1, 0.15) is 5.75 Å². The summed E-state index contributed by atoms with van der Waals surface area (Å²) in [6, 6.07) is 20.1. The Morgan fingerprint density at radius 1 is 0.903 bits per heavy atom. The van der Waals surface area contributed by atoms with Crippen molar-refractivity contribution in [3.63, 3.8) is 0 Å². The highest BCUT2D eigenvalue weighted by atomic mass is 32.2. The molecule has 0 aliphatic heterocycles. The fraction of sp³-hybridized carbons (Fsp3) is 0.174. The van der Waals surface area contributed by atoms with E-state index in [-0.39, 0.29) is 10.8 Å². The van der Waals surface area contributed by atoms with E-state index in [1.54, 1.807) is 24.3 Å². The van der Waals surface area contributed by atoms with Gasteiger partial charge in [-0.25, -0.2) is 8.42 Å². The number of hydrogen-bond acceptors (Lipinski definition) is 5. The van der Waals surface area contributed by atoms with Gasteiger partial charge in [-0.2, -0.15) is 0 Å². The second-order valence-electron chi connectivity index (χ2n) is 7.18. The zero-order chi connectivity index (χ0) is 22.4. The third-order valence-corrected chi connectivity index (χ3v) is 5.91. The number of methoxy groups -OCH3 is 1. The average Bonchev–Trinajstić information content (AvgIpc) is 2.75. The number of anilines is 2. The van der Waals surface area contributed by atoms with Crippen LogP contribution in [0.1, 0.15) is 15.9 Å². The molecule has 3 aromatic carbocycles. The van der Waals surface area contributed by atoms with Crippen molar-refractivity contribution < 1.29 is 17.9 Å². The topological polar surface area (TPSA) is 87.7 Å². The summed E-state index contributed by atoms with van der Waals surface area (Å²) in [5.74, 6) is 0.103. The number of benzene rings is 3. The van der Waals surface area contributed by atoms with Crippen LogP contribution in [0.3, 0.4) is 0 Å². The molecule has 3 aromatic rings. The van der Waals surface area contributed by atoms with Gasteiger partial charge in [-0.05, 0) is 62.1 Å². The van der Waals surface area contributed by atoms with Gasteiger partial charge in [0.05, 0.1) is 17.7 Å². The highest BCUT2D eigenvalue weighted by molar-refractivity contribution is 7.92. The number of hydrogen-bond donors (Lipinski definition) is 2. The predicted molar refractivity (Wildman–Crippen MR) is 122 cm³/mol. The van der Waals surface area contributed by atoms with Crippen LogP contribution in [-0.2, 0) is 16.6 Å². The summed E-state index contributed by atoms with van der Waals surface area (Å²) in [6.07, 6.45) is 0. The number of sulfonamides is 1. The number of rotatable bonds is 8. The first-order chi connectivity index (χ1) is 14.8. The molecule has 8 heteroatoms. The first kappa shape index (κ1) is 22.3. The number of carbonyl (C=O) groups excluding carboxylic acids is 1. The van der Waals surface area contributed by atoms with Gasteiger partial charge in [-0.1, -0.05) is 30.3 Å². The van der Waals surface area contributed by atoms with E-state index in [4.69, 9.17) is 4.74 Å². The fourth-order valence-corrected chi connectivity index (χ4v) is 4.10. The highest BCUT2D eigenvalue weighted by Gasteiger charge is 2.17. The largest absolute Gasteiger partial charge is 0.495 e. The van der Waals surface area contributed by atoms with Crippen molar-refractivity contribution in [2.75, 3.05) is 31.2 Å². The predicted octanol–water partition coefficient (Wildman–Crippen LogP) is 3.81. The Kier molecular flexibility index (Phi) is 6.94. The zero-order valence-electron chi connectivity index (χ0n) is 17.6. The van der Waals surface area contributed by atoms with Crippen LogP contribution in [0.5, 0.6) is 5.75 Å². The third kappa shape index (κ3) is 5.62. The molecule has 0 spiro atoms. The zero-order valence-corrected chi connectivity index (χ0v) is 18.4. The van der Waals surface area contributed by atoms with Crippen LogP contribution in [0.2, 0.25) is 0 Å². The number of carbonyl (C=O) groups is 1. The molecule has 0 saturated heterocycles. The first-order valence-corrected chi connectivity index (χ1v) is 11.1. The minimum absolute atomic E-state index is 0.0444. The van der Waals surface area contributed by atoms with Gasteiger partial charge < -0.3 is 15.0 Å². The number of para-hydroxylation sites is 3. The maximum Gasteiger partial charge on any atom is 0.262 e. The number of nitrogens with zero attached hydrogens (tertiary/aromatic N) is 1. The Labute approximate surface area is 182 Å². The van der Waals surface area contributed by atoms with Gasteiger partial charge in [0.15, 0.2) is 0 Å². The molecule has 0 fully saturated rings. The summed E-state index contributed by atoms with van der Waals surface area (Å²) >= 11 is 0.